The third kappa shape index (κ3) is 3.44. The molecule has 5 rings (SSSR count). The van der Waals surface area contributed by atoms with Crippen molar-refractivity contribution in [1.82, 2.24) is 9.88 Å². The van der Waals surface area contributed by atoms with Crippen LogP contribution in [0.25, 0.3) is 10.9 Å². The molecule has 2 atom stereocenters. The second-order valence-electron chi connectivity index (χ2n) is 8.93. The van der Waals surface area contributed by atoms with E-state index in [1.54, 1.807) is 4.90 Å². The Morgan fingerprint density at radius 3 is 2.69 bits per heavy atom. The highest BCUT2D eigenvalue weighted by Gasteiger charge is 2.32. The number of likely N-dealkylation sites (tertiary alicyclic amines) is 1. The molecule has 2 aromatic rings. The van der Waals surface area contributed by atoms with Crippen molar-refractivity contribution in [3.8, 4) is 0 Å². The molecule has 0 spiro atoms. The minimum atomic E-state index is -0.311. The number of carbonyl (C=O) groups excluding carboxylic acids is 2. The van der Waals surface area contributed by atoms with Crippen LogP contribution in [0.3, 0.4) is 0 Å². The number of hydrogen-bond donors (Lipinski definition) is 2. The standard InChI is InChI=1S/C23H29N3O3/c24-22(27)17-5-8-26(13-17)23(28)16-2-4-21-19(12-16)18-11-15(1-3-20(18)25-21)14-6-9-29-10-7-14/h2,4,12,14-15,17,25H,1,3,5-11,13H2,(H2,24,27). The number of aromatic amines is 1. The van der Waals surface area contributed by atoms with Gasteiger partial charge < -0.3 is 20.4 Å². The molecule has 3 aliphatic rings. The second kappa shape index (κ2) is 7.48. The first-order valence-electron chi connectivity index (χ1n) is 10.9. The summed E-state index contributed by atoms with van der Waals surface area (Å²) in [6, 6.07) is 5.99. The van der Waals surface area contributed by atoms with Crippen LogP contribution < -0.4 is 5.73 Å². The number of amides is 2. The molecular formula is C23H29N3O3. The number of H-pyrrole nitrogens is 1. The number of nitrogens with one attached hydrogen (secondary N) is 1. The van der Waals surface area contributed by atoms with Gasteiger partial charge in [0.15, 0.2) is 0 Å². The number of aromatic nitrogens is 1. The third-order valence-electron chi connectivity index (χ3n) is 7.28. The highest BCUT2D eigenvalue weighted by Crippen LogP contribution is 2.38. The zero-order valence-corrected chi connectivity index (χ0v) is 16.8. The number of aryl methyl sites for hydroxylation is 1. The third-order valence-corrected chi connectivity index (χ3v) is 7.28. The van der Waals surface area contributed by atoms with Crippen molar-refractivity contribution in [2.75, 3.05) is 26.3 Å². The summed E-state index contributed by atoms with van der Waals surface area (Å²) in [4.78, 5) is 29.8. The lowest BCUT2D eigenvalue weighted by Crippen LogP contribution is -2.31. The molecule has 29 heavy (non-hydrogen) atoms. The Balaban J connectivity index is 1.39. The molecule has 0 saturated carbocycles. The van der Waals surface area contributed by atoms with Crippen molar-refractivity contribution in [3.05, 3.63) is 35.0 Å². The fourth-order valence-electron chi connectivity index (χ4n) is 5.53. The lowest BCUT2D eigenvalue weighted by atomic mass is 9.75. The number of benzene rings is 1. The summed E-state index contributed by atoms with van der Waals surface area (Å²) < 4.78 is 5.55. The van der Waals surface area contributed by atoms with Crippen LogP contribution >= 0.6 is 0 Å². The van der Waals surface area contributed by atoms with Gasteiger partial charge in [-0.25, -0.2) is 0 Å². The highest BCUT2D eigenvalue weighted by atomic mass is 16.5. The normalized spacial score (nSPS) is 25.3. The van der Waals surface area contributed by atoms with E-state index in [2.05, 4.69) is 11.1 Å². The van der Waals surface area contributed by atoms with Crippen molar-refractivity contribution >= 4 is 22.7 Å². The number of primary amides is 1. The summed E-state index contributed by atoms with van der Waals surface area (Å²) in [6.07, 6.45) is 6.41. The summed E-state index contributed by atoms with van der Waals surface area (Å²) in [6.45, 7) is 2.82. The van der Waals surface area contributed by atoms with Gasteiger partial charge in [-0.1, -0.05) is 0 Å². The van der Waals surface area contributed by atoms with Crippen LogP contribution in [0.1, 0.15) is 47.3 Å². The van der Waals surface area contributed by atoms with Gasteiger partial charge >= 0.3 is 0 Å². The topological polar surface area (TPSA) is 88.4 Å². The van der Waals surface area contributed by atoms with Gasteiger partial charge in [0.05, 0.1) is 5.92 Å². The van der Waals surface area contributed by atoms with Crippen molar-refractivity contribution in [2.24, 2.45) is 23.5 Å². The van der Waals surface area contributed by atoms with Crippen LogP contribution in [0.15, 0.2) is 18.2 Å². The number of rotatable bonds is 3. The van der Waals surface area contributed by atoms with Crippen LogP contribution in [-0.2, 0) is 22.4 Å². The van der Waals surface area contributed by atoms with Gasteiger partial charge in [0.25, 0.3) is 5.91 Å². The maximum Gasteiger partial charge on any atom is 0.253 e. The van der Waals surface area contributed by atoms with E-state index >= 15 is 0 Å². The molecule has 3 N–H and O–H groups in total. The molecule has 0 radical (unpaired) electrons. The first-order chi connectivity index (χ1) is 14.1. The molecule has 2 saturated heterocycles. The molecule has 2 aliphatic heterocycles. The molecule has 2 amide bonds. The Morgan fingerprint density at radius 2 is 1.93 bits per heavy atom. The molecule has 6 heteroatoms. The summed E-state index contributed by atoms with van der Waals surface area (Å²) in [5.41, 5.74) is 9.98. The summed E-state index contributed by atoms with van der Waals surface area (Å²) >= 11 is 0. The maximum absolute atomic E-state index is 13.0. The smallest absolute Gasteiger partial charge is 0.253 e. The fraction of sp³-hybridized carbons (Fsp3) is 0.565. The van der Waals surface area contributed by atoms with E-state index in [0.29, 0.717) is 31.0 Å². The number of fused-ring (bicyclic) bond motifs is 3. The van der Waals surface area contributed by atoms with Crippen LogP contribution in [0, 0.1) is 17.8 Å². The van der Waals surface area contributed by atoms with E-state index < -0.39 is 0 Å². The number of nitrogens with zero attached hydrogens (tertiary/aromatic N) is 1. The maximum atomic E-state index is 13.0. The fourth-order valence-corrected chi connectivity index (χ4v) is 5.53. The molecule has 0 bridgehead atoms. The predicted molar refractivity (Wildman–Crippen MR) is 111 cm³/mol. The zero-order chi connectivity index (χ0) is 20.0. The van der Waals surface area contributed by atoms with Gasteiger partial charge in [-0.3, -0.25) is 9.59 Å². The van der Waals surface area contributed by atoms with Gasteiger partial charge in [0, 0.05) is 48.5 Å². The van der Waals surface area contributed by atoms with Crippen molar-refractivity contribution in [1.29, 1.82) is 0 Å². The average Bonchev–Trinajstić information content (AvgIpc) is 3.38. The van der Waals surface area contributed by atoms with E-state index in [9.17, 15) is 9.59 Å². The van der Waals surface area contributed by atoms with Gasteiger partial charge in [0.2, 0.25) is 5.91 Å². The SMILES string of the molecule is NC(=O)C1CCN(C(=O)c2ccc3[nH]c4c(c3c2)CC(C2CCOCC2)CC4)C1. The van der Waals surface area contributed by atoms with Gasteiger partial charge in [-0.2, -0.15) is 0 Å². The van der Waals surface area contributed by atoms with Crippen molar-refractivity contribution in [3.63, 3.8) is 0 Å². The molecule has 154 valence electrons. The Kier molecular flexibility index (Phi) is 4.82. The van der Waals surface area contributed by atoms with Gasteiger partial charge in [-0.05, 0) is 74.1 Å². The summed E-state index contributed by atoms with van der Waals surface area (Å²) in [5, 5.41) is 1.19. The predicted octanol–water partition coefficient (Wildman–Crippen LogP) is 2.65. The molecule has 2 unspecified atom stereocenters. The van der Waals surface area contributed by atoms with E-state index in [4.69, 9.17) is 10.5 Å². The average molecular weight is 396 g/mol. The minimum absolute atomic E-state index is 0.00221. The summed E-state index contributed by atoms with van der Waals surface area (Å²) in [5.74, 6) is 0.932. The van der Waals surface area contributed by atoms with Crippen molar-refractivity contribution in [2.45, 2.75) is 38.5 Å². The Hall–Kier alpha value is -2.34. The van der Waals surface area contributed by atoms with E-state index in [1.807, 2.05) is 12.1 Å². The van der Waals surface area contributed by atoms with Crippen LogP contribution in [-0.4, -0.2) is 48.0 Å². The molecule has 1 aromatic heterocycles. The molecular weight excluding hydrogens is 366 g/mol. The Bertz CT molecular complexity index is 944. The van der Waals surface area contributed by atoms with Gasteiger partial charge in [0.1, 0.15) is 0 Å². The highest BCUT2D eigenvalue weighted by molar-refractivity contribution is 5.99. The lowest BCUT2D eigenvalue weighted by molar-refractivity contribution is -0.121. The van der Waals surface area contributed by atoms with Crippen LogP contribution in [0.4, 0.5) is 0 Å². The van der Waals surface area contributed by atoms with Crippen LogP contribution in [0.2, 0.25) is 0 Å². The number of hydrogen-bond acceptors (Lipinski definition) is 3. The summed E-state index contributed by atoms with van der Waals surface area (Å²) in [7, 11) is 0. The van der Waals surface area contributed by atoms with Gasteiger partial charge in [-0.15, -0.1) is 0 Å². The van der Waals surface area contributed by atoms with Crippen LogP contribution in [0.5, 0.6) is 0 Å². The Morgan fingerprint density at radius 1 is 1.10 bits per heavy atom. The minimum Gasteiger partial charge on any atom is -0.381 e. The van der Waals surface area contributed by atoms with Crippen molar-refractivity contribution < 1.29 is 14.3 Å². The first kappa shape index (κ1) is 18.7. The van der Waals surface area contributed by atoms with E-state index in [-0.39, 0.29) is 17.7 Å². The molecule has 1 aliphatic carbocycles. The largest absolute Gasteiger partial charge is 0.381 e. The second-order valence-corrected chi connectivity index (χ2v) is 8.93. The van der Waals surface area contributed by atoms with E-state index in [0.717, 1.165) is 37.5 Å². The molecule has 2 fully saturated rings. The number of carbonyl (C=O) groups is 2. The molecule has 3 heterocycles. The molecule has 6 nitrogen and oxygen atoms in total. The van der Waals surface area contributed by atoms with E-state index in [1.165, 1.54) is 35.9 Å². The zero-order valence-electron chi connectivity index (χ0n) is 16.8. The quantitative estimate of drug-likeness (QED) is 0.837. The monoisotopic (exact) mass is 395 g/mol. The Labute approximate surface area is 170 Å². The first-order valence-corrected chi connectivity index (χ1v) is 10.9. The lowest BCUT2D eigenvalue weighted by Gasteiger charge is -2.33. The number of nitrogens with two attached hydrogens (primary N) is 1. The molecule has 1 aromatic carbocycles. The number of ether oxygens (including phenoxy) is 1.